The molecule has 0 heterocycles. The molecule has 0 aromatic heterocycles. The predicted molar refractivity (Wildman–Crippen MR) is 204 cm³/mol. The second kappa shape index (κ2) is 18.0. The number of carbonyl (C=O) groups is 2. The van der Waals surface area contributed by atoms with Gasteiger partial charge in [0.1, 0.15) is 24.1 Å². The number of carbonyl (C=O) groups excluding carboxylic acids is 2. The van der Waals surface area contributed by atoms with Gasteiger partial charge in [0.25, 0.3) is 10.0 Å². The summed E-state index contributed by atoms with van der Waals surface area (Å²) in [7, 11) is 1.26. The van der Waals surface area contributed by atoms with E-state index in [9.17, 15) is 13.2 Å². The number of hydrogen-bond acceptors (Lipinski definition) is 8. The van der Waals surface area contributed by atoms with Crippen molar-refractivity contribution in [2.75, 3.05) is 39.3 Å². The maximum Gasteiger partial charge on any atom is 0.265 e. The summed E-state index contributed by atoms with van der Waals surface area (Å²) in [5.74, 6) is 0.219. The Labute approximate surface area is 312 Å². The van der Waals surface area contributed by atoms with Crippen LogP contribution in [-0.2, 0) is 32.6 Å². The van der Waals surface area contributed by atoms with E-state index in [0.29, 0.717) is 11.5 Å². The molecule has 1 saturated carbocycles. The number of sulfonamides is 1. The molecule has 1 N–H and O–H groups in total. The van der Waals surface area contributed by atoms with E-state index in [1.807, 2.05) is 61.5 Å². The summed E-state index contributed by atoms with van der Waals surface area (Å²) in [5.41, 5.74) is 2.73. The molecule has 1 atom stereocenters. The predicted octanol–water partition coefficient (Wildman–Crippen LogP) is 6.31. The van der Waals surface area contributed by atoms with Crippen molar-refractivity contribution >= 4 is 27.5 Å². The summed E-state index contributed by atoms with van der Waals surface area (Å²) in [6, 6.07) is 25.2. The van der Waals surface area contributed by atoms with Crippen LogP contribution in [0.3, 0.4) is 0 Å². The molecule has 1 unspecified atom stereocenters. The summed E-state index contributed by atoms with van der Waals surface area (Å²) >= 11 is 0. The molecule has 0 bridgehead atoms. The zero-order chi connectivity index (χ0) is 38.0. The molecule has 282 valence electrons. The molecule has 1 fully saturated rings. The number of nitrogens with one attached hydrogen (secondary N) is 1. The summed E-state index contributed by atoms with van der Waals surface area (Å²) in [5, 5.41) is 3.24. The van der Waals surface area contributed by atoms with Gasteiger partial charge in [0.05, 0.1) is 39.0 Å². The number of aryl methyl sites for hydroxylation is 1. The number of ether oxygens (including phenoxy) is 4. The third-order valence-electron chi connectivity index (χ3n) is 9.53. The van der Waals surface area contributed by atoms with E-state index < -0.39 is 28.5 Å². The van der Waals surface area contributed by atoms with Crippen LogP contribution >= 0.6 is 0 Å². The smallest absolute Gasteiger partial charge is 0.265 e. The fraction of sp³-hybridized carbons (Fsp3) is 0.366. The van der Waals surface area contributed by atoms with Gasteiger partial charge >= 0.3 is 0 Å². The third-order valence-corrected chi connectivity index (χ3v) is 11.3. The van der Waals surface area contributed by atoms with Crippen LogP contribution in [0.25, 0.3) is 0 Å². The molecular weight excluding hydrogens is 695 g/mol. The number of amides is 2. The highest BCUT2D eigenvalue weighted by Crippen LogP contribution is 2.38. The maximum absolute atomic E-state index is 15.0. The quantitative estimate of drug-likeness (QED) is 0.142. The molecule has 0 radical (unpaired) electrons. The van der Waals surface area contributed by atoms with Crippen molar-refractivity contribution in [2.24, 2.45) is 0 Å². The van der Waals surface area contributed by atoms with E-state index in [-0.39, 0.29) is 47.0 Å². The molecule has 2 amide bonds. The monoisotopic (exact) mass is 743 g/mol. The Morgan fingerprint density at radius 1 is 0.755 bits per heavy atom. The first-order chi connectivity index (χ1) is 25.6. The molecule has 1 aliphatic rings. The van der Waals surface area contributed by atoms with Crippen molar-refractivity contribution in [2.45, 2.75) is 69.0 Å². The maximum atomic E-state index is 15.0. The lowest BCUT2D eigenvalue weighted by Gasteiger charge is -2.35. The van der Waals surface area contributed by atoms with Gasteiger partial charge in [-0.3, -0.25) is 13.9 Å². The molecule has 11 nitrogen and oxygen atoms in total. The fourth-order valence-corrected chi connectivity index (χ4v) is 8.15. The normalized spacial score (nSPS) is 13.8. The highest BCUT2D eigenvalue weighted by molar-refractivity contribution is 7.92. The molecule has 12 heteroatoms. The average molecular weight is 744 g/mol. The van der Waals surface area contributed by atoms with Gasteiger partial charge in [-0.05, 0) is 55.2 Å². The summed E-state index contributed by atoms with van der Waals surface area (Å²) < 4.78 is 52.5. The SMILES string of the molecule is COc1ccc(OC)c(N(CC(=O)N(Cc2cccc(C)c2)C(Cc2ccccc2)C(=O)NC2CCCCC2)S(=O)(=O)c2ccc(OC)c(OC)c2)c1. The zero-order valence-electron chi connectivity index (χ0n) is 31.0. The lowest BCUT2D eigenvalue weighted by molar-refractivity contribution is -0.140. The Hall–Kier alpha value is -5.23. The molecule has 0 spiro atoms. The summed E-state index contributed by atoms with van der Waals surface area (Å²) in [6.45, 7) is 1.36. The Morgan fingerprint density at radius 3 is 2.09 bits per heavy atom. The molecule has 53 heavy (non-hydrogen) atoms. The molecule has 0 saturated heterocycles. The van der Waals surface area contributed by atoms with E-state index in [1.54, 1.807) is 12.1 Å². The lowest BCUT2D eigenvalue weighted by atomic mass is 9.94. The molecular formula is C41H49N3O8S. The average Bonchev–Trinajstić information content (AvgIpc) is 3.18. The van der Waals surface area contributed by atoms with Gasteiger partial charge in [-0.2, -0.15) is 0 Å². The summed E-state index contributed by atoms with van der Waals surface area (Å²) in [4.78, 5) is 30.8. The van der Waals surface area contributed by atoms with E-state index in [1.165, 1.54) is 57.6 Å². The van der Waals surface area contributed by atoms with E-state index >= 15 is 4.79 Å². The van der Waals surface area contributed by atoms with Crippen molar-refractivity contribution in [3.05, 3.63) is 108 Å². The Morgan fingerprint density at radius 2 is 1.43 bits per heavy atom. The van der Waals surface area contributed by atoms with Crippen molar-refractivity contribution in [3.8, 4) is 23.0 Å². The van der Waals surface area contributed by atoms with Gasteiger partial charge in [0.15, 0.2) is 11.5 Å². The second-order valence-electron chi connectivity index (χ2n) is 13.1. The molecule has 5 rings (SSSR count). The highest BCUT2D eigenvalue weighted by Gasteiger charge is 2.37. The second-order valence-corrected chi connectivity index (χ2v) is 15.0. The fourth-order valence-electron chi connectivity index (χ4n) is 6.71. The van der Waals surface area contributed by atoms with Gasteiger partial charge in [0, 0.05) is 31.1 Å². The van der Waals surface area contributed by atoms with Crippen LogP contribution in [0, 0.1) is 6.92 Å². The van der Waals surface area contributed by atoms with Crippen molar-refractivity contribution < 1.29 is 37.0 Å². The van der Waals surface area contributed by atoms with Crippen molar-refractivity contribution in [3.63, 3.8) is 0 Å². The molecule has 0 aliphatic heterocycles. The van der Waals surface area contributed by atoms with Gasteiger partial charge in [0.2, 0.25) is 11.8 Å². The first kappa shape index (κ1) is 39.0. The number of nitrogens with zero attached hydrogens (tertiary/aromatic N) is 2. The minimum Gasteiger partial charge on any atom is -0.497 e. The van der Waals surface area contributed by atoms with Gasteiger partial charge in [-0.1, -0.05) is 79.4 Å². The first-order valence-electron chi connectivity index (χ1n) is 17.7. The Bertz CT molecular complexity index is 1970. The number of hydrogen-bond donors (Lipinski definition) is 1. The number of benzene rings is 4. The van der Waals surface area contributed by atoms with Crippen LogP contribution in [0.15, 0.2) is 95.9 Å². The largest absolute Gasteiger partial charge is 0.497 e. The van der Waals surface area contributed by atoms with Crippen LogP contribution in [0.4, 0.5) is 5.69 Å². The molecule has 4 aromatic carbocycles. The van der Waals surface area contributed by atoms with E-state index in [2.05, 4.69) is 5.32 Å². The third kappa shape index (κ3) is 9.61. The number of rotatable bonds is 16. The van der Waals surface area contributed by atoms with Crippen LogP contribution in [0.5, 0.6) is 23.0 Å². The van der Waals surface area contributed by atoms with Gasteiger partial charge in [-0.15, -0.1) is 0 Å². The lowest BCUT2D eigenvalue weighted by Crippen LogP contribution is -2.55. The first-order valence-corrected chi connectivity index (χ1v) is 19.2. The van der Waals surface area contributed by atoms with Crippen molar-refractivity contribution in [1.82, 2.24) is 10.2 Å². The number of methoxy groups -OCH3 is 4. The van der Waals surface area contributed by atoms with Crippen LogP contribution in [-0.4, -0.2) is 72.2 Å². The van der Waals surface area contributed by atoms with Crippen LogP contribution in [0.1, 0.15) is 48.8 Å². The minimum absolute atomic E-state index is 0.00609. The molecule has 4 aromatic rings. The summed E-state index contributed by atoms with van der Waals surface area (Å²) in [6.07, 6.45) is 5.11. The van der Waals surface area contributed by atoms with Gasteiger partial charge < -0.3 is 29.2 Å². The van der Waals surface area contributed by atoms with Gasteiger partial charge in [-0.25, -0.2) is 8.42 Å². The Balaban J connectivity index is 1.64. The highest BCUT2D eigenvalue weighted by atomic mass is 32.2. The van der Waals surface area contributed by atoms with Crippen LogP contribution < -0.4 is 28.6 Å². The minimum atomic E-state index is -4.49. The molecule has 1 aliphatic carbocycles. The van der Waals surface area contributed by atoms with Crippen LogP contribution in [0.2, 0.25) is 0 Å². The number of anilines is 1. The van der Waals surface area contributed by atoms with Crippen molar-refractivity contribution in [1.29, 1.82) is 0 Å². The standard InChI is InChI=1S/C41H49N3O8S/c1-29-13-12-16-31(23-29)27-43(36(24-30-14-8-6-9-15-30)41(46)42-32-17-10-7-11-18-32)40(45)28-44(35-25-33(49-2)19-21-37(35)50-3)53(47,48)34-20-22-38(51-4)39(26-34)52-5/h6,8-9,12-16,19-23,25-26,32,36H,7,10-11,17-18,24,27-28H2,1-5H3,(H,42,46). The Kier molecular flexibility index (Phi) is 13.2. The van der Waals surface area contributed by atoms with E-state index in [0.717, 1.165) is 53.1 Å². The topological polar surface area (TPSA) is 124 Å². The van der Waals surface area contributed by atoms with E-state index in [4.69, 9.17) is 18.9 Å². The zero-order valence-corrected chi connectivity index (χ0v) is 31.9.